The zero-order valence-corrected chi connectivity index (χ0v) is 19.7. The van der Waals surface area contributed by atoms with Crippen LogP contribution in [0.25, 0.3) is 0 Å². The molecule has 174 valence electrons. The Morgan fingerprint density at radius 1 is 1.03 bits per heavy atom. The third-order valence-corrected chi connectivity index (χ3v) is 8.17. The van der Waals surface area contributed by atoms with Crippen molar-refractivity contribution >= 4 is 29.5 Å². The molecule has 6 nitrogen and oxygen atoms in total. The van der Waals surface area contributed by atoms with Gasteiger partial charge in [0.15, 0.2) is 6.61 Å². The van der Waals surface area contributed by atoms with Crippen LogP contribution in [0.3, 0.4) is 0 Å². The van der Waals surface area contributed by atoms with Gasteiger partial charge in [-0.25, -0.2) is 4.79 Å². The number of benzene rings is 1. The van der Waals surface area contributed by atoms with Crippen LogP contribution in [0, 0.1) is 17.8 Å². The lowest BCUT2D eigenvalue weighted by Gasteiger charge is -2.56. The molecule has 7 heteroatoms. The number of carbonyl (C=O) groups is 3. The number of hydrogen-bond donors (Lipinski definition) is 2. The molecule has 4 fully saturated rings. The van der Waals surface area contributed by atoms with E-state index in [1.54, 1.807) is 12.1 Å². The van der Waals surface area contributed by atoms with E-state index >= 15 is 0 Å². The molecular formula is C25H34N2O4S. The maximum absolute atomic E-state index is 12.8. The second kappa shape index (κ2) is 10.3. The van der Waals surface area contributed by atoms with Gasteiger partial charge in [0, 0.05) is 17.0 Å². The topological polar surface area (TPSA) is 84.5 Å². The minimum atomic E-state index is -0.541. The Hall–Kier alpha value is -2.02. The molecule has 4 saturated carbocycles. The van der Waals surface area contributed by atoms with Crippen LogP contribution in [-0.4, -0.2) is 42.2 Å². The Morgan fingerprint density at radius 2 is 1.69 bits per heavy atom. The predicted octanol–water partition coefficient (Wildman–Crippen LogP) is 3.94. The van der Waals surface area contributed by atoms with E-state index in [2.05, 4.69) is 10.6 Å². The van der Waals surface area contributed by atoms with Crippen molar-refractivity contribution < 1.29 is 19.1 Å². The molecule has 0 atom stereocenters. The van der Waals surface area contributed by atoms with Crippen molar-refractivity contribution in [2.24, 2.45) is 17.8 Å². The summed E-state index contributed by atoms with van der Waals surface area (Å²) < 4.78 is 5.19. The molecule has 0 saturated heterocycles. The second-order valence-corrected chi connectivity index (χ2v) is 10.8. The van der Waals surface area contributed by atoms with E-state index in [9.17, 15) is 14.4 Å². The van der Waals surface area contributed by atoms with Gasteiger partial charge in [-0.05, 0) is 74.8 Å². The molecular weight excluding hydrogens is 424 g/mol. The number of rotatable bonds is 10. The highest BCUT2D eigenvalue weighted by Crippen LogP contribution is 2.55. The molecule has 0 unspecified atom stereocenters. The van der Waals surface area contributed by atoms with Crippen LogP contribution in [0.5, 0.6) is 0 Å². The van der Waals surface area contributed by atoms with Gasteiger partial charge in [-0.15, -0.1) is 11.8 Å². The van der Waals surface area contributed by atoms with Crippen molar-refractivity contribution in [1.82, 2.24) is 10.6 Å². The lowest BCUT2D eigenvalue weighted by molar-refractivity contribution is -0.125. The van der Waals surface area contributed by atoms with Crippen molar-refractivity contribution in [3.8, 4) is 0 Å². The summed E-state index contributed by atoms with van der Waals surface area (Å²) in [6.07, 6.45) is 9.28. The lowest BCUT2D eigenvalue weighted by atomic mass is 9.53. The highest BCUT2D eigenvalue weighted by molar-refractivity contribution is 8.00. The normalized spacial score (nSPS) is 27.7. The Labute approximate surface area is 194 Å². The van der Waals surface area contributed by atoms with Gasteiger partial charge in [0.25, 0.3) is 5.91 Å². The first-order valence-corrected chi connectivity index (χ1v) is 12.9. The molecule has 4 aliphatic carbocycles. The third-order valence-electron chi connectivity index (χ3n) is 7.10. The molecule has 0 heterocycles. The molecule has 4 aliphatic rings. The number of carbonyl (C=O) groups excluding carboxylic acids is 3. The monoisotopic (exact) mass is 458 g/mol. The fraction of sp³-hybridized carbons (Fsp3) is 0.640. The molecule has 1 aromatic carbocycles. The molecule has 0 aliphatic heterocycles. The maximum Gasteiger partial charge on any atom is 0.339 e. The standard InChI is InChI=1S/C25H34N2O4S/c1-2-3-8-26-22(28)15-31-24(30)20-6-4-5-7-21(20)32-16-23(29)27-25-12-17-9-18(13-25)11-19(10-17)14-25/h4-7,17-19H,2-3,8-16H2,1H3,(H,26,28)(H,27,29). The highest BCUT2D eigenvalue weighted by Gasteiger charge is 2.51. The summed E-state index contributed by atoms with van der Waals surface area (Å²) in [5, 5.41) is 6.11. The van der Waals surface area contributed by atoms with Crippen molar-refractivity contribution in [2.45, 2.75) is 68.7 Å². The summed E-state index contributed by atoms with van der Waals surface area (Å²) in [5.74, 6) is 1.81. The quantitative estimate of drug-likeness (QED) is 0.315. The van der Waals surface area contributed by atoms with Crippen molar-refractivity contribution in [2.75, 3.05) is 18.9 Å². The maximum atomic E-state index is 12.8. The van der Waals surface area contributed by atoms with E-state index in [4.69, 9.17) is 4.74 Å². The molecule has 0 radical (unpaired) electrons. The minimum Gasteiger partial charge on any atom is -0.452 e. The second-order valence-electron chi connectivity index (χ2n) is 9.81. The first-order valence-electron chi connectivity index (χ1n) is 11.9. The van der Waals surface area contributed by atoms with Crippen LogP contribution in [0.4, 0.5) is 0 Å². The molecule has 4 bridgehead atoms. The Balaban J connectivity index is 1.28. The van der Waals surface area contributed by atoms with Gasteiger partial charge in [0.05, 0.1) is 11.3 Å². The first kappa shape index (κ1) is 23.1. The van der Waals surface area contributed by atoms with E-state index in [-0.39, 0.29) is 29.7 Å². The molecule has 2 N–H and O–H groups in total. The number of nitrogens with one attached hydrogen (secondary N) is 2. The van der Waals surface area contributed by atoms with Crippen LogP contribution in [0.2, 0.25) is 0 Å². The van der Waals surface area contributed by atoms with E-state index in [1.165, 1.54) is 31.0 Å². The first-order chi connectivity index (χ1) is 15.5. The van der Waals surface area contributed by atoms with Gasteiger partial charge >= 0.3 is 5.97 Å². The van der Waals surface area contributed by atoms with Crippen LogP contribution >= 0.6 is 11.8 Å². The molecule has 32 heavy (non-hydrogen) atoms. The predicted molar refractivity (Wildman–Crippen MR) is 124 cm³/mol. The number of amides is 2. The van der Waals surface area contributed by atoms with Crippen molar-refractivity contribution in [3.05, 3.63) is 29.8 Å². The summed E-state index contributed by atoms with van der Waals surface area (Å²) >= 11 is 1.35. The SMILES string of the molecule is CCCCNC(=O)COC(=O)c1ccccc1SCC(=O)NC12CC3CC(CC(C3)C1)C2. The fourth-order valence-electron chi connectivity index (χ4n) is 6.16. The van der Waals surface area contributed by atoms with Gasteiger partial charge in [-0.3, -0.25) is 9.59 Å². The molecule has 2 amide bonds. The van der Waals surface area contributed by atoms with Gasteiger partial charge < -0.3 is 15.4 Å². The molecule has 0 spiro atoms. The van der Waals surface area contributed by atoms with Crippen LogP contribution in [-0.2, 0) is 14.3 Å². The van der Waals surface area contributed by atoms with Gasteiger partial charge in [0.1, 0.15) is 0 Å². The Bertz CT molecular complexity index is 821. The van der Waals surface area contributed by atoms with Gasteiger partial charge in [0.2, 0.25) is 5.91 Å². The number of thioether (sulfide) groups is 1. The number of esters is 1. The molecule has 0 aromatic heterocycles. The van der Waals surface area contributed by atoms with Crippen LogP contribution in [0.1, 0.15) is 68.6 Å². The summed E-state index contributed by atoms with van der Waals surface area (Å²) in [6.45, 7) is 2.33. The number of unbranched alkanes of at least 4 members (excludes halogenated alkanes) is 1. The summed E-state index contributed by atoms with van der Waals surface area (Å²) in [5.41, 5.74) is 0.386. The molecule has 1 aromatic rings. The third kappa shape index (κ3) is 5.66. The number of hydrogen-bond acceptors (Lipinski definition) is 5. The Morgan fingerprint density at radius 3 is 2.34 bits per heavy atom. The number of ether oxygens (including phenoxy) is 1. The highest BCUT2D eigenvalue weighted by atomic mass is 32.2. The van der Waals surface area contributed by atoms with E-state index in [0.717, 1.165) is 49.9 Å². The summed E-state index contributed by atoms with van der Waals surface area (Å²) in [4.78, 5) is 37.9. The Kier molecular flexibility index (Phi) is 7.44. The average molecular weight is 459 g/mol. The van der Waals surface area contributed by atoms with Crippen LogP contribution < -0.4 is 10.6 Å². The fourth-order valence-corrected chi connectivity index (χ4v) is 7.00. The lowest BCUT2D eigenvalue weighted by Crippen LogP contribution is -2.60. The zero-order chi connectivity index (χ0) is 22.6. The van der Waals surface area contributed by atoms with Crippen molar-refractivity contribution in [1.29, 1.82) is 0 Å². The van der Waals surface area contributed by atoms with Crippen molar-refractivity contribution in [3.63, 3.8) is 0 Å². The zero-order valence-electron chi connectivity index (χ0n) is 18.9. The van der Waals surface area contributed by atoms with Crippen LogP contribution in [0.15, 0.2) is 29.2 Å². The minimum absolute atomic E-state index is 0.00399. The largest absolute Gasteiger partial charge is 0.452 e. The van der Waals surface area contributed by atoms with E-state index in [0.29, 0.717) is 17.0 Å². The van der Waals surface area contributed by atoms with E-state index < -0.39 is 5.97 Å². The smallest absolute Gasteiger partial charge is 0.339 e. The summed E-state index contributed by atoms with van der Waals surface area (Å²) in [6, 6.07) is 7.10. The molecule has 5 rings (SSSR count). The average Bonchev–Trinajstić information content (AvgIpc) is 2.75. The van der Waals surface area contributed by atoms with Gasteiger partial charge in [-0.2, -0.15) is 0 Å². The van der Waals surface area contributed by atoms with Gasteiger partial charge in [-0.1, -0.05) is 25.5 Å². The summed E-state index contributed by atoms with van der Waals surface area (Å²) in [7, 11) is 0. The van der Waals surface area contributed by atoms with E-state index in [1.807, 2.05) is 19.1 Å².